The van der Waals surface area contributed by atoms with Crippen molar-refractivity contribution in [3.05, 3.63) is 0 Å². The third kappa shape index (κ3) is 4.59. The number of hydrogen-bond acceptors (Lipinski definition) is 3. The van der Waals surface area contributed by atoms with Crippen LogP contribution in [0, 0.1) is 5.41 Å². The summed E-state index contributed by atoms with van der Waals surface area (Å²) in [6.45, 7) is 1.92. The molecule has 0 radical (unpaired) electrons. The van der Waals surface area contributed by atoms with Crippen molar-refractivity contribution in [1.82, 2.24) is 9.44 Å². The van der Waals surface area contributed by atoms with Gasteiger partial charge in [-0.25, -0.2) is 0 Å². The van der Waals surface area contributed by atoms with E-state index in [4.69, 9.17) is 11.1 Å². The van der Waals surface area contributed by atoms with Crippen LogP contribution in [0.2, 0.25) is 0 Å². The highest BCUT2D eigenvalue weighted by molar-refractivity contribution is 7.87. The zero-order chi connectivity index (χ0) is 11.5. The third-order valence-corrected chi connectivity index (χ3v) is 3.39. The molecule has 0 spiro atoms. The normalized spacial score (nSPS) is 18.7. The van der Waals surface area contributed by atoms with Gasteiger partial charge in [-0.1, -0.05) is 13.3 Å². The second-order valence-electron chi connectivity index (χ2n) is 3.81. The van der Waals surface area contributed by atoms with Crippen molar-refractivity contribution in [2.45, 2.75) is 44.7 Å². The Balaban J connectivity index is 2.51. The quantitative estimate of drug-likeness (QED) is 0.358. The van der Waals surface area contributed by atoms with Crippen molar-refractivity contribution in [3.8, 4) is 0 Å². The minimum Gasteiger partial charge on any atom is -0.386 e. The van der Waals surface area contributed by atoms with E-state index < -0.39 is 16.3 Å². The van der Waals surface area contributed by atoms with Crippen LogP contribution < -0.4 is 15.2 Å². The molecule has 0 heterocycles. The van der Waals surface area contributed by atoms with Crippen molar-refractivity contribution in [1.29, 1.82) is 5.41 Å². The van der Waals surface area contributed by atoms with Gasteiger partial charge in [0.15, 0.2) is 0 Å². The van der Waals surface area contributed by atoms with Crippen molar-refractivity contribution in [2.75, 3.05) is 0 Å². The predicted molar refractivity (Wildman–Crippen MR) is 58.8 cm³/mol. The molecular formula is C8H18N4O2S. The summed E-state index contributed by atoms with van der Waals surface area (Å²) < 4.78 is 27.9. The monoisotopic (exact) mass is 234 g/mol. The molecule has 88 valence electrons. The van der Waals surface area contributed by atoms with Crippen LogP contribution in [0.5, 0.6) is 0 Å². The zero-order valence-electron chi connectivity index (χ0n) is 8.79. The SMILES string of the molecule is CCCC(NS(=O)(=O)NC1CC1)C(=N)N. The zero-order valence-corrected chi connectivity index (χ0v) is 9.60. The van der Waals surface area contributed by atoms with Crippen molar-refractivity contribution < 1.29 is 8.42 Å². The highest BCUT2D eigenvalue weighted by Gasteiger charge is 2.28. The Morgan fingerprint density at radius 3 is 2.60 bits per heavy atom. The molecule has 0 aromatic carbocycles. The van der Waals surface area contributed by atoms with Crippen molar-refractivity contribution in [3.63, 3.8) is 0 Å². The molecule has 15 heavy (non-hydrogen) atoms. The van der Waals surface area contributed by atoms with Gasteiger partial charge in [-0.3, -0.25) is 5.41 Å². The van der Waals surface area contributed by atoms with E-state index in [-0.39, 0.29) is 11.9 Å². The number of nitrogens with one attached hydrogen (secondary N) is 3. The fourth-order valence-electron chi connectivity index (χ4n) is 1.21. The summed E-state index contributed by atoms with van der Waals surface area (Å²) in [6.07, 6.45) is 3.09. The van der Waals surface area contributed by atoms with Gasteiger partial charge in [-0.2, -0.15) is 17.9 Å². The molecule has 0 bridgehead atoms. The average Bonchev–Trinajstić information content (AvgIpc) is 2.86. The van der Waals surface area contributed by atoms with E-state index in [1.165, 1.54) is 0 Å². The fraction of sp³-hybridized carbons (Fsp3) is 0.875. The van der Waals surface area contributed by atoms with E-state index >= 15 is 0 Å². The summed E-state index contributed by atoms with van der Waals surface area (Å²) in [4.78, 5) is 0. The number of amidine groups is 1. The molecule has 0 amide bonds. The molecule has 7 heteroatoms. The highest BCUT2D eigenvalue weighted by Crippen LogP contribution is 2.19. The third-order valence-electron chi connectivity index (χ3n) is 2.15. The lowest BCUT2D eigenvalue weighted by Crippen LogP contribution is -2.48. The topological polar surface area (TPSA) is 108 Å². The second-order valence-corrected chi connectivity index (χ2v) is 5.29. The standard InChI is InChI=1S/C8H18N4O2S/c1-2-3-7(8(9)10)12-15(13,14)11-6-4-5-6/h6-7,11-12H,2-5H2,1H3,(H3,9,10). The smallest absolute Gasteiger partial charge is 0.277 e. The molecule has 0 aromatic rings. The van der Waals surface area contributed by atoms with Crippen LogP contribution in [0.15, 0.2) is 0 Å². The van der Waals surface area contributed by atoms with Gasteiger partial charge in [0.05, 0.1) is 6.04 Å². The molecule has 1 fully saturated rings. The van der Waals surface area contributed by atoms with Gasteiger partial charge in [-0.05, 0) is 19.3 Å². The molecule has 0 aliphatic heterocycles. The Morgan fingerprint density at radius 2 is 2.20 bits per heavy atom. The van der Waals surface area contributed by atoms with E-state index in [9.17, 15) is 8.42 Å². The minimum atomic E-state index is -3.51. The van der Waals surface area contributed by atoms with Gasteiger partial charge in [-0.15, -0.1) is 0 Å². The first kappa shape index (κ1) is 12.4. The second kappa shape index (κ2) is 4.91. The van der Waals surface area contributed by atoms with Gasteiger partial charge in [0, 0.05) is 6.04 Å². The summed E-state index contributed by atoms with van der Waals surface area (Å²) in [5, 5.41) is 7.26. The van der Waals surface area contributed by atoms with E-state index in [0.29, 0.717) is 6.42 Å². The Kier molecular flexibility index (Phi) is 4.06. The van der Waals surface area contributed by atoms with Crippen LogP contribution in [0.1, 0.15) is 32.6 Å². The van der Waals surface area contributed by atoms with Crippen LogP contribution in [0.3, 0.4) is 0 Å². The van der Waals surface area contributed by atoms with Crippen LogP contribution in [-0.4, -0.2) is 26.3 Å². The molecule has 1 rings (SSSR count). The van der Waals surface area contributed by atoms with E-state index in [2.05, 4.69) is 9.44 Å². The van der Waals surface area contributed by atoms with Gasteiger partial charge in [0.2, 0.25) is 0 Å². The van der Waals surface area contributed by atoms with Crippen LogP contribution >= 0.6 is 0 Å². The van der Waals surface area contributed by atoms with Crippen LogP contribution in [-0.2, 0) is 10.2 Å². The molecule has 1 aliphatic rings. The molecule has 0 saturated heterocycles. The average molecular weight is 234 g/mol. The molecular weight excluding hydrogens is 216 g/mol. The molecule has 0 aromatic heterocycles. The van der Waals surface area contributed by atoms with E-state index in [1.54, 1.807) is 0 Å². The molecule has 1 atom stereocenters. The number of nitrogens with two attached hydrogens (primary N) is 1. The summed E-state index contributed by atoms with van der Waals surface area (Å²) in [7, 11) is -3.51. The predicted octanol–water partition coefficient (Wildman–Crippen LogP) is -0.323. The first-order valence-electron chi connectivity index (χ1n) is 5.08. The van der Waals surface area contributed by atoms with Crippen LogP contribution in [0.25, 0.3) is 0 Å². The molecule has 6 nitrogen and oxygen atoms in total. The largest absolute Gasteiger partial charge is 0.386 e. The van der Waals surface area contributed by atoms with E-state index in [0.717, 1.165) is 19.3 Å². The fourth-order valence-corrected chi connectivity index (χ4v) is 2.57. The maximum Gasteiger partial charge on any atom is 0.277 e. The summed E-state index contributed by atoms with van der Waals surface area (Å²) >= 11 is 0. The molecule has 1 unspecified atom stereocenters. The first-order chi connectivity index (χ1) is 6.94. The summed E-state index contributed by atoms with van der Waals surface area (Å²) in [5.41, 5.74) is 5.30. The number of rotatable bonds is 7. The lowest BCUT2D eigenvalue weighted by molar-refractivity contribution is 0.551. The summed E-state index contributed by atoms with van der Waals surface area (Å²) in [5.74, 6) is -0.141. The lowest BCUT2D eigenvalue weighted by atomic mass is 10.2. The first-order valence-corrected chi connectivity index (χ1v) is 6.56. The Morgan fingerprint density at radius 1 is 1.60 bits per heavy atom. The molecule has 5 N–H and O–H groups in total. The molecule has 1 aliphatic carbocycles. The van der Waals surface area contributed by atoms with Gasteiger partial charge in [0.1, 0.15) is 5.84 Å². The van der Waals surface area contributed by atoms with Crippen LogP contribution in [0.4, 0.5) is 0 Å². The summed E-state index contributed by atoms with van der Waals surface area (Å²) in [6, 6.07) is -0.525. The lowest BCUT2D eigenvalue weighted by Gasteiger charge is -2.16. The van der Waals surface area contributed by atoms with Crippen molar-refractivity contribution >= 4 is 16.0 Å². The van der Waals surface area contributed by atoms with Crippen molar-refractivity contribution in [2.24, 2.45) is 5.73 Å². The molecule has 1 saturated carbocycles. The Bertz CT molecular complexity index is 324. The van der Waals surface area contributed by atoms with Gasteiger partial charge >= 0.3 is 0 Å². The minimum absolute atomic E-state index is 0.0664. The Hall–Kier alpha value is -0.660. The van der Waals surface area contributed by atoms with Gasteiger partial charge < -0.3 is 5.73 Å². The van der Waals surface area contributed by atoms with E-state index in [1.807, 2.05) is 6.92 Å². The maximum atomic E-state index is 11.5. The Labute approximate surface area is 90.3 Å². The van der Waals surface area contributed by atoms with Gasteiger partial charge in [0.25, 0.3) is 10.2 Å². The maximum absolute atomic E-state index is 11.5. The number of hydrogen-bond donors (Lipinski definition) is 4. The highest BCUT2D eigenvalue weighted by atomic mass is 32.2.